The van der Waals surface area contributed by atoms with E-state index in [1.54, 1.807) is 16.4 Å². The van der Waals surface area contributed by atoms with Gasteiger partial charge in [0.25, 0.3) is 0 Å². The number of hydrogen-bond acceptors (Lipinski definition) is 4. The largest absolute Gasteiger partial charge is 0.361 e. The first kappa shape index (κ1) is 18.1. The van der Waals surface area contributed by atoms with Crippen LogP contribution in [0.25, 0.3) is 0 Å². The zero-order valence-corrected chi connectivity index (χ0v) is 15.9. The highest BCUT2D eigenvalue weighted by atomic mass is 32.2. The van der Waals surface area contributed by atoms with Gasteiger partial charge < -0.3 is 4.52 Å². The maximum atomic E-state index is 13.1. The van der Waals surface area contributed by atoms with Gasteiger partial charge >= 0.3 is 0 Å². The number of sulfonamides is 1. The Morgan fingerprint density at radius 2 is 2.00 bits per heavy atom. The van der Waals surface area contributed by atoms with Crippen LogP contribution >= 0.6 is 0 Å². The lowest BCUT2D eigenvalue weighted by Crippen LogP contribution is -2.30. The molecular weight excluding hydrogens is 336 g/mol. The van der Waals surface area contributed by atoms with Crippen LogP contribution < -0.4 is 0 Å². The Bertz CT molecular complexity index is 809. The summed E-state index contributed by atoms with van der Waals surface area (Å²) in [7, 11) is -3.53. The van der Waals surface area contributed by atoms with E-state index in [-0.39, 0.29) is 6.04 Å². The first-order valence-corrected chi connectivity index (χ1v) is 10.4. The average Bonchev–Trinajstić information content (AvgIpc) is 3.24. The molecule has 5 nitrogen and oxygen atoms in total. The summed E-state index contributed by atoms with van der Waals surface area (Å²) < 4.78 is 33.1. The SMILES string of the molecule is CCCc1cc([C@@H]2CCCN2S(=O)(=O)c2ccc(C(C)C)cc2)no1. The molecule has 1 aliphatic heterocycles. The lowest BCUT2D eigenvalue weighted by molar-refractivity contribution is 0.343. The summed E-state index contributed by atoms with van der Waals surface area (Å²) in [6, 6.07) is 8.90. The number of rotatable bonds is 6. The second-order valence-electron chi connectivity index (χ2n) is 6.97. The fourth-order valence-electron chi connectivity index (χ4n) is 3.33. The van der Waals surface area contributed by atoms with E-state index in [1.807, 2.05) is 18.2 Å². The van der Waals surface area contributed by atoms with Crippen LogP contribution in [0.15, 0.2) is 39.8 Å². The van der Waals surface area contributed by atoms with E-state index in [2.05, 4.69) is 25.9 Å². The molecule has 0 radical (unpaired) electrons. The van der Waals surface area contributed by atoms with Gasteiger partial charge in [-0.3, -0.25) is 0 Å². The summed E-state index contributed by atoms with van der Waals surface area (Å²) in [5.41, 5.74) is 1.86. The molecule has 1 aromatic heterocycles. The van der Waals surface area contributed by atoms with Gasteiger partial charge in [-0.1, -0.05) is 38.1 Å². The highest BCUT2D eigenvalue weighted by Crippen LogP contribution is 2.36. The van der Waals surface area contributed by atoms with Crippen LogP contribution in [0.3, 0.4) is 0 Å². The van der Waals surface area contributed by atoms with Gasteiger partial charge in [-0.05, 0) is 42.9 Å². The first-order chi connectivity index (χ1) is 11.9. The quantitative estimate of drug-likeness (QED) is 0.769. The zero-order valence-electron chi connectivity index (χ0n) is 15.1. The monoisotopic (exact) mass is 362 g/mol. The van der Waals surface area contributed by atoms with Crippen LogP contribution in [0, 0.1) is 0 Å². The second kappa shape index (κ2) is 7.30. The van der Waals surface area contributed by atoms with Gasteiger partial charge in [0.15, 0.2) is 0 Å². The van der Waals surface area contributed by atoms with Crippen molar-refractivity contribution in [2.75, 3.05) is 6.54 Å². The van der Waals surface area contributed by atoms with Crippen LogP contribution in [-0.4, -0.2) is 24.4 Å². The van der Waals surface area contributed by atoms with Crippen molar-refractivity contribution in [3.8, 4) is 0 Å². The van der Waals surface area contributed by atoms with Crippen LogP contribution in [-0.2, 0) is 16.4 Å². The van der Waals surface area contributed by atoms with Gasteiger partial charge in [0.1, 0.15) is 11.5 Å². The Kier molecular flexibility index (Phi) is 5.29. The number of hydrogen-bond donors (Lipinski definition) is 0. The van der Waals surface area contributed by atoms with E-state index in [1.165, 1.54) is 0 Å². The van der Waals surface area contributed by atoms with Crippen molar-refractivity contribution in [1.82, 2.24) is 9.46 Å². The molecule has 25 heavy (non-hydrogen) atoms. The minimum Gasteiger partial charge on any atom is -0.361 e. The number of aryl methyl sites for hydroxylation is 1. The molecule has 6 heteroatoms. The Hall–Kier alpha value is -1.66. The fraction of sp³-hybridized carbons (Fsp3) is 0.526. The maximum absolute atomic E-state index is 13.1. The summed E-state index contributed by atoms with van der Waals surface area (Å²) in [6.45, 7) is 6.79. The molecule has 2 aromatic rings. The van der Waals surface area contributed by atoms with Crippen molar-refractivity contribution in [3.05, 3.63) is 47.3 Å². The lowest BCUT2D eigenvalue weighted by Gasteiger charge is -2.22. The third kappa shape index (κ3) is 3.65. The molecule has 136 valence electrons. The third-order valence-corrected chi connectivity index (χ3v) is 6.69. The first-order valence-electron chi connectivity index (χ1n) is 9.00. The van der Waals surface area contributed by atoms with Gasteiger partial charge in [-0.2, -0.15) is 4.31 Å². The highest BCUT2D eigenvalue weighted by Gasteiger charge is 2.37. The van der Waals surface area contributed by atoms with E-state index in [0.29, 0.717) is 17.4 Å². The molecule has 0 aliphatic carbocycles. The third-order valence-electron chi connectivity index (χ3n) is 4.77. The van der Waals surface area contributed by atoms with E-state index < -0.39 is 10.0 Å². The molecule has 0 spiro atoms. The van der Waals surface area contributed by atoms with Gasteiger partial charge in [0, 0.05) is 19.0 Å². The summed E-state index contributed by atoms with van der Waals surface area (Å²) in [5, 5.41) is 4.13. The summed E-state index contributed by atoms with van der Waals surface area (Å²) in [6.07, 6.45) is 3.41. The predicted octanol–water partition coefficient (Wildman–Crippen LogP) is 4.28. The Labute approximate surface area is 150 Å². The highest BCUT2D eigenvalue weighted by molar-refractivity contribution is 7.89. The zero-order chi connectivity index (χ0) is 18.0. The smallest absolute Gasteiger partial charge is 0.243 e. The molecule has 1 aliphatic rings. The molecule has 3 rings (SSSR count). The molecule has 0 amide bonds. The molecule has 2 heterocycles. The van der Waals surface area contributed by atoms with Crippen molar-refractivity contribution in [2.24, 2.45) is 0 Å². The maximum Gasteiger partial charge on any atom is 0.243 e. The molecule has 1 fully saturated rings. The molecule has 0 bridgehead atoms. The van der Waals surface area contributed by atoms with Crippen molar-refractivity contribution in [2.45, 2.75) is 63.3 Å². The molecule has 0 N–H and O–H groups in total. The van der Waals surface area contributed by atoms with Crippen LogP contribution in [0.4, 0.5) is 0 Å². The standard InChI is InChI=1S/C19H26N2O3S/c1-4-6-16-13-18(20-24-16)19-7-5-12-21(19)25(22,23)17-10-8-15(9-11-17)14(2)3/h8-11,13-14,19H,4-7,12H2,1-3H3/t19-/m0/s1. The summed E-state index contributed by atoms with van der Waals surface area (Å²) >= 11 is 0. The van der Waals surface area contributed by atoms with Gasteiger partial charge in [0.05, 0.1) is 10.9 Å². The van der Waals surface area contributed by atoms with E-state index in [4.69, 9.17) is 4.52 Å². The predicted molar refractivity (Wildman–Crippen MR) is 96.9 cm³/mol. The topological polar surface area (TPSA) is 63.4 Å². The molecule has 0 unspecified atom stereocenters. The normalized spacial score (nSPS) is 19.0. The fourth-order valence-corrected chi connectivity index (χ4v) is 5.00. The Morgan fingerprint density at radius 1 is 1.28 bits per heavy atom. The van der Waals surface area contributed by atoms with Crippen LogP contribution in [0.1, 0.15) is 69.0 Å². The van der Waals surface area contributed by atoms with Crippen LogP contribution in [0.5, 0.6) is 0 Å². The molecule has 1 aromatic carbocycles. The van der Waals surface area contributed by atoms with Crippen molar-refractivity contribution in [3.63, 3.8) is 0 Å². The van der Waals surface area contributed by atoms with Crippen molar-refractivity contribution in [1.29, 1.82) is 0 Å². The number of nitrogens with zero attached hydrogens (tertiary/aromatic N) is 2. The number of aromatic nitrogens is 1. The van der Waals surface area contributed by atoms with E-state index in [9.17, 15) is 8.42 Å². The molecular formula is C19H26N2O3S. The molecule has 1 atom stereocenters. The Morgan fingerprint density at radius 3 is 2.64 bits per heavy atom. The minimum atomic E-state index is -3.53. The van der Waals surface area contributed by atoms with Gasteiger partial charge in [-0.25, -0.2) is 8.42 Å². The molecule has 0 saturated carbocycles. The van der Waals surface area contributed by atoms with Crippen LogP contribution in [0.2, 0.25) is 0 Å². The average molecular weight is 362 g/mol. The van der Waals surface area contributed by atoms with Crippen molar-refractivity contribution >= 4 is 10.0 Å². The Balaban J connectivity index is 1.87. The summed E-state index contributed by atoms with van der Waals surface area (Å²) in [4.78, 5) is 0.348. The lowest BCUT2D eigenvalue weighted by atomic mass is 10.0. The van der Waals surface area contributed by atoms with Gasteiger partial charge in [0.2, 0.25) is 10.0 Å². The number of benzene rings is 1. The molecule has 1 saturated heterocycles. The van der Waals surface area contributed by atoms with Gasteiger partial charge in [-0.15, -0.1) is 0 Å². The minimum absolute atomic E-state index is 0.232. The van der Waals surface area contributed by atoms with E-state index in [0.717, 1.165) is 42.7 Å². The van der Waals surface area contributed by atoms with E-state index >= 15 is 0 Å². The summed E-state index contributed by atoms with van der Waals surface area (Å²) in [5.74, 6) is 1.20. The van der Waals surface area contributed by atoms with Crippen molar-refractivity contribution < 1.29 is 12.9 Å². The second-order valence-corrected chi connectivity index (χ2v) is 8.86.